The Kier molecular flexibility index (Phi) is 19.9. The summed E-state index contributed by atoms with van der Waals surface area (Å²) in [7, 11) is 0. The first kappa shape index (κ1) is 47.7. The fourth-order valence-electron chi connectivity index (χ4n) is 7.82. The summed E-state index contributed by atoms with van der Waals surface area (Å²) in [6.45, 7) is 8.53. The van der Waals surface area contributed by atoms with Gasteiger partial charge < -0.3 is 34.6 Å². The number of nitrogens with one attached hydrogen (secondary N) is 2. The van der Waals surface area contributed by atoms with Crippen molar-refractivity contribution in [3.05, 3.63) is 71.8 Å². The molecule has 2 atom stereocenters. The van der Waals surface area contributed by atoms with Gasteiger partial charge in [-0.15, -0.1) is 0 Å². The second-order valence-corrected chi connectivity index (χ2v) is 17.3. The lowest BCUT2D eigenvalue weighted by atomic mass is 9.86. The van der Waals surface area contributed by atoms with Crippen LogP contribution in [0, 0.1) is 11.8 Å². The van der Waals surface area contributed by atoms with Crippen LogP contribution in [0.1, 0.15) is 129 Å². The van der Waals surface area contributed by atoms with Crippen LogP contribution in [0.15, 0.2) is 60.7 Å². The van der Waals surface area contributed by atoms with Gasteiger partial charge >= 0.3 is 18.0 Å². The van der Waals surface area contributed by atoms with Crippen LogP contribution in [0.3, 0.4) is 0 Å². The lowest BCUT2D eigenvalue weighted by Crippen LogP contribution is -2.54. The van der Waals surface area contributed by atoms with E-state index in [0.717, 1.165) is 68.9 Å². The highest BCUT2D eigenvalue weighted by Gasteiger charge is 2.33. The molecule has 2 N–H and O–H groups in total. The highest BCUT2D eigenvalue weighted by Crippen LogP contribution is 2.27. The number of hydrogen-bond acceptors (Lipinski definition) is 9. The number of ether oxygens (including phenoxy) is 3. The largest absolute Gasteiger partial charge is 0.461 e. The molecular weight excluding hydrogens is 765 g/mol. The van der Waals surface area contributed by atoms with Crippen LogP contribution >= 0.6 is 0 Å². The van der Waals surface area contributed by atoms with Crippen molar-refractivity contribution in [2.45, 2.75) is 148 Å². The predicted molar refractivity (Wildman–Crippen MR) is 228 cm³/mol. The number of carbonyl (C=O) groups is 6. The normalized spacial score (nSPS) is 16.3. The van der Waals surface area contributed by atoms with Gasteiger partial charge in [0.05, 0.1) is 13.0 Å². The molecular formula is C47H68N4O9. The van der Waals surface area contributed by atoms with Crippen LogP contribution in [-0.2, 0) is 51.4 Å². The molecule has 330 valence electrons. The van der Waals surface area contributed by atoms with Crippen molar-refractivity contribution >= 4 is 35.8 Å². The molecule has 1 saturated carbocycles. The van der Waals surface area contributed by atoms with Gasteiger partial charge in [-0.2, -0.15) is 0 Å². The zero-order valence-electron chi connectivity index (χ0n) is 36.3. The molecule has 1 aliphatic carbocycles. The second kappa shape index (κ2) is 25.0. The summed E-state index contributed by atoms with van der Waals surface area (Å²) in [5.41, 5.74) is 1.02. The SMILES string of the molecule is CCN(CC(=O)N[C@@H](CC(=O)OCc1ccccc1)C(=O)N[C@@H](CC1CCCCCCC1)C(=O)OCc1ccccc1)C(=O)CCCC1CCN(C(=O)OC(C)(C)C)CC1. The molecule has 1 heterocycles. The maximum absolute atomic E-state index is 14.1. The van der Waals surface area contributed by atoms with E-state index in [0.29, 0.717) is 31.8 Å². The Morgan fingerprint density at radius 2 is 1.33 bits per heavy atom. The Bertz CT molecular complexity index is 1650. The number of nitrogens with zero attached hydrogens (tertiary/aromatic N) is 2. The van der Waals surface area contributed by atoms with E-state index in [-0.39, 0.29) is 50.6 Å². The number of likely N-dealkylation sites (N-methyl/N-ethyl adjacent to an activating group) is 1. The molecule has 4 amide bonds. The number of likely N-dealkylation sites (tertiary alicyclic amines) is 1. The first-order valence-corrected chi connectivity index (χ1v) is 22.0. The van der Waals surface area contributed by atoms with Crippen LogP contribution in [0.2, 0.25) is 0 Å². The number of amides is 4. The quantitative estimate of drug-likeness (QED) is 0.110. The molecule has 0 unspecified atom stereocenters. The molecule has 13 nitrogen and oxygen atoms in total. The molecule has 4 rings (SSSR count). The van der Waals surface area contributed by atoms with Crippen LogP contribution in [-0.4, -0.2) is 89.4 Å². The Hall–Kier alpha value is -4.94. The van der Waals surface area contributed by atoms with Crippen molar-refractivity contribution in [1.29, 1.82) is 0 Å². The maximum Gasteiger partial charge on any atom is 0.410 e. The van der Waals surface area contributed by atoms with Gasteiger partial charge in [-0.1, -0.05) is 106 Å². The summed E-state index contributed by atoms with van der Waals surface area (Å²) in [5.74, 6) is -2.23. The molecule has 2 aliphatic rings. The van der Waals surface area contributed by atoms with Gasteiger partial charge in [0.1, 0.15) is 30.9 Å². The number of rotatable bonds is 19. The molecule has 2 fully saturated rings. The van der Waals surface area contributed by atoms with Crippen molar-refractivity contribution in [1.82, 2.24) is 20.4 Å². The van der Waals surface area contributed by atoms with Crippen LogP contribution in [0.25, 0.3) is 0 Å². The van der Waals surface area contributed by atoms with Gasteiger partial charge in [-0.3, -0.25) is 19.2 Å². The standard InChI is InChI=1S/C47H68N4O9/c1-5-50(42(53)25-17-24-35-26-28-51(29-27-35)46(57)60-47(2,3)4)32-41(52)48-39(31-43(54)58-33-37-20-13-9-14-21-37)44(55)49-40(30-36-18-11-7-6-8-12-19-36)45(56)59-34-38-22-15-10-16-23-38/h9-10,13-16,20-23,35-36,39-40H,5-8,11-12,17-19,24-34H2,1-4H3,(H,48,52)(H,49,55)/t39-,40-/m0/s1. The monoisotopic (exact) mass is 832 g/mol. The lowest BCUT2D eigenvalue weighted by Gasteiger charge is -2.33. The Morgan fingerprint density at radius 3 is 1.92 bits per heavy atom. The number of benzene rings is 2. The van der Waals surface area contributed by atoms with E-state index in [9.17, 15) is 28.8 Å². The summed E-state index contributed by atoms with van der Waals surface area (Å²) in [6.07, 6.45) is 10.3. The Morgan fingerprint density at radius 1 is 0.750 bits per heavy atom. The third-order valence-electron chi connectivity index (χ3n) is 11.2. The van der Waals surface area contributed by atoms with E-state index in [1.54, 1.807) is 11.8 Å². The van der Waals surface area contributed by atoms with Gasteiger partial charge in [-0.25, -0.2) is 9.59 Å². The smallest absolute Gasteiger partial charge is 0.410 e. The molecule has 2 aromatic rings. The highest BCUT2D eigenvalue weighted by atomic mass is 16.6. The summed E-state index contributed by atoms with van der Waals surface area (Å²) in [6, 6.07) is 16.0. The van der Waals surface area contributed by atoms with Crippen LogP contribution in [0.4, 0.5) is 4.79 Å². The van der Waals surface area contributed by atoms with E-state index in [1.807, 2.05) is 81.4 Å². The molecule has 0 aromatic heterocycles. The Balaban J connectivity index is 1.38. The summed E-state index contributed by atoms with van der Waals surface area (Å²) in [4.78, 5) is 83.5. The minimum Gasteiger partial charge on any atom is -0.461 e. The second-order valence-electron chi connectivity index (χ2n) is 17.3. The fourth-order valence-corrected chi connectivity index (χ4v) is 7.82. The van der Waals surface area contributed by atoms with E-state index < -0.39 is 47.9 Å². The summed E-state index contributed by atoms with van der Waals surface area (Å²) >= 11 is 0. The third kappa shape index (κ3) is 17.7. The predicted octanol–water partition coefficient (Wildman–Crippen LogP) is 7.25. The Labute approximate surface area is 356 Å². The van der Waals surface area contributed by atoms with Gasteiger partial charge in [0.15, 0.2) is 0 Å². The van der Waals surface area contributed by atoms with Crippen molar-refractivity contribution in [2.75, 3.05) is 26.2 Å². The van der Waals surface area contributed by atoms with E-state index in [2.05, 4.69) is 10.6 Å². The average Bonchev–Trinajstić information content (AvgIpc) is 3.21. The molecule has 0 radical (unpaired) electrons. The zero-order valence-corrected chi connectivity index (χ0v) is 36.3. The van der Waals surface area contributed by atoms with Crippen molar-refractivity contribution in [3.8, 4) is 0 Å². The van der Waals surface area contributed by atoms with Gasteiger partial charge in [0.2, 0.25) is 17.7 Å². The molecule has 0 bridgehead atoms. The van der Waals surface area contributed by atoms with Crippen molar-refractivity contribution in [3.63, 3.8) is 0 Å². The van der Waals surface area contributed by atoms with E-state index in [1.165, 1.54) is 11.3 Å². The van der Waals surface area contributed by atoms with E-state index in [4.69, 9.17) is 14.2 Å². The molecule has 1 saturated heterocycles. The highest BCUT2D eigenvalue weighted by molar-refractivity contribution is 5.94. The first-order chi connectivity index (χ1) is 28.8. The molecule has 1 aliphatic heterocycles. The first-order valence-electron chi connectivity index (χ1n) is 22.0. The lowest BCUT2D eigenvalue weighted by molar-refractivity contribution is -0.150. The topological polar surface area (TPSA) is 161 Å². The van der Waals surface area contributed by atoms with Crippen molar-refractivity contribution < 1.29 is 43.0 Å². The number of piperidine rings is 1. The van der Waals surface area contributed by atoms with Gasteiger partial charge in [0.25, 0.3) is 0 Å². The minimum atomic E-state index is -1.37. The third-order valence-corrected chi connectivity index (χ3v) is 11.2. The summed E-state index contributed by atoms with van der Waals surface area (Å²) < 4.78 is 16.7. The average molecular weight is 833 g/mol. The van der Waals surface area contributed by atoms with Gasteiger partial charge in [0, 0.05) is 26.1 Å². The van der Waals surface area contributed by atoms with Crippen LogP contribution in [0.5, 0.6) is 0 Å². The maximum atomic E-state index is 14.1. The van der Waals surface area contributed by atoms with Gasteiger partial charge in [-0.05, 0) is 82.8 Å². The van der Waals surface area contributed by atoms with Crippen LogP contribution < -0.4 is 10.6 Å². The molecule has 13 heteroatoms. The minimum absolute atomic E-state index is 0.0148. The van der Waals surface area contributed by atoms with E-state index >= 15 is 0 Å². The van der Waals surface area contributed by atoms with Crippen molar-refractivity contribution in [2.24, 2.45) is 11.8 Å². The molecule has 0 spiro atoms. The molecule has 2 aromatic carbocycles. The summed E-state index contributed by atoms with van der Waals surface area (Å²) in [5, 5.41) is 5.53. The zero-order chi connectivity index (χ0) is 43.3. The number of hydrogen-bond donors (Lipinski definition) is 2. The number of carbonyl (C=O) groups excluding carboxylic acids is 6. The fraction of sp³-hybridized carbons (Fsp3) is 0.617. The number of esters is 2. The molecule has 60 heavy (non-hydrogen) atoms.